The number of carbonyl (C=O) groups excluding carboxylic acids is 1. The molecule has 0 radical (unpaired) electrons. The Morgan fingerprint density at radius 3 is 2.36 bits per heavy atom. The first kappa shape index (κ1) is 10.3. The minimum absolute atomic E-state index is 0.255. The molecule has 0 aliphatic rings. The van der Waals surface area contributed by atoms with Crippen LogP contribution in [0.3, 0.4) is 0 Å². The Balaban J connectivity index is 4.10. The molecule has 0 spiro atoms. The third-order valence-corrected chi connectivity index (χ3v) is 2.08. The van der Waals surface area contributed by atoms with Crippen molar-refractivity contribution in [2.75, 3.05) is 20.6 Å². The SMILES string of the molecule is CNC(=O)CN(C)S(N)(=O)=O. The van der Waals surface area contributed by atoms with Gasteiger partial charge in [-0.2, -0.15) is 12.7 Å². The maximum atomic E-state index is 10.6. The quantitative estimate of drug-likeness (QED) is 0.520. The Kier molecular flexibility index (Phi) is 3.43. The van der Waals surface area contributed by atoms with Crippen LogP contribution in [0, 0.1) is 0 Å². The number of nitrogens with two attached hydrogens (primary N) is 1. The summed E-state index contributed by atoms with van der Waals surface area (Å²) in [5.74, 6) is -0.401. The van der Waals surface area contributed by atoms with E-state index in [0.717, 1.165) is 4.31 Å². The number of nitrogens with zero attached hydrogens (tertiary/aromatic N) is 1. The van der Waals surface area contributed by atoms with Gasteiger partial charge < -0.3 is 5.32 Å². The zero-order valence-electron chi connectivity index (χ0n) is 6.36. The van der Waals surface area contributed by atoms with Crippen LogP contribution in [-0.4, -0.2) is 39.3 Å². The molecule has 66 valence electrons. The van der Waals surface area contributed by atoms with Crippen LogP contribution in [0.4, 0.5) is 0 Å². The molecule has 0 saturated carbocycles. The van der Waals surface area contributed by atoms with Gasteiger partial charge >= 0.3 is 0 Å². The third-order valence-electron chi connectivity index (χ3n) is 1.08. The molecule has 0 saturated heterocycles. The van der Waals surface area contributed by atoms with Crippen LogP contribution in [0.25, 0.3) is 0 Å². The number of nitrogens with one attached hydrogen (secondary N) is 1. The van der Waals surface area contributed by atoms with Crippen molar-refractivity contribution in [3.8, 4) is 0 Å². The summed E-state index contributed by atoms with van der Waals surface area (Å²) in [6.07, 6.45) is 0. The van der Waals surface area contributed by atoms with Gasteiger partial charge in [-0.05, 0) is 0 Å². The van der Waals surface area contributed by atoms with Crippen LogP contribution in [0.5, 0.6) is 0 Å². The summed E-state index contributed by atoms with van der Waals surface area (Å²) >= 11 is 0. The highest BCUT2D eigenvalue weighted by Crippen LogP contribution is 1.86. The van der Waals surface area contributed by atoms with Crippen molar-refractivity contribution in [2.24, 2.45) is 5.14 Å². The molecule has 0 rings (SSSR count). The number of hydrogen-bond acceptors (Lipinski definition) is 3. The second-order valence-electron chi connectivity index (χ2n) is 1.97. The second kappa shape index (κ2) is 3.65. The third kappa shape index (κ3) is 3.91. The lowest BCUT2D eigenvalue weighted by molar-refractivity contribution is -0.120. The van der Waals surface area contributed by atoms with Crippen molar-refractivity contribution in [3.05, 3.63) is 0 Å². The van der Waals surface area contributed by atoms with E-state index < -0.39 is 16.1 Å². The molecule has 0 aliphatic heterocycles. The summed E-state index contributed by atoms with van der Waals surface area (Å²) in [7, 11) is -1.09. The maximum absolute atomic E-state index is 10.6. The highest BCUT2D eigenvalue weighted by atomic mass is 32.2. The summed E-state index contributed by atoms with van der Waals surface area (Å²) < 4.78 is 21.8. The maximum Gasteiger partial charge on any atom is 0.277 e. The van der Waals surface area contributed by atoms with Crippen molar-refractivity contribution in [1.29, 1.82) is 0 Å². The predicted octanol–water partition coefficient (Wildman–Crippen LogP) is -2.13. The van der Waals surface area contributed by atoms with Crippen molar-refractivity contribution < 1.29 is 13.2 Å². The molecule has 0 aromatic carbocycles. The van der Waals surface area contributed by atoms with E-state index in [1.165, 1.54) is 14.1 Å². The zero-order valence-corrected chi connectivity index (χ0v) is 7.18. The van der Waals surface area contributed by atoms with Gasteiger partial charge in [0.25, 0.3) is 10.2 Å². The Labute approximate surface area is 65.5 Å². The first-order chi connectivity index (χ1) is 4.88. The molecule has 1 amide bonds. The van der Waals surface area contributed by atoms with Gasteiger partial charge in [-0.1, -0.05) is 0 Å². The smallest absolute Gasteiger partial charge is 0.277 e. The van der Waals surface area contributed by atoms with Gasteiger partial charge in [-0.15, -0.1) is 0 Å². The van der Waals surface area contributed by atoms with E-state index in [4.69, 9.17) is 5.14 Å². The molecule has 7 heteroatoms. The molecule has 0 heterocycles. The molecule has 0 aromatic rings. The van der Waals surface area contributed by atoms with E-state index in [0.29, 0.717) is 0 Å². The Morgan fingerprint density at radius 1 is 1.64 bits per heavy atom. The Morgan fingerprint density at radius 2 is 2.09 bits per heavy atom. The first-order valence-corrected chi connectivity index (χ1v) is 4.33. The van der Waals surface area contributed by atoms with Gasteiger partial charge in [0.1, 0.15) is 0 Å². The minimum atomic E-state index is -3.74. The summed E-state index contributed by atoms with van der Waals surface area (Å²) in [6, 6.07) is 0. The molecule has 0 fully saturated rings. The lowest BCUT2D eigenvalue weighted by atomic mass is 10.6. The molecule has 0 unspecified atom stereocenters. The van der Waals surface area contributed by atoms with Crippen LogP contribution < -0.4 is 10.5 Å². The van der Waals surface area contributed by atoms with Gasteiger partial charge in [0.05, 0.1) is 6.54 Å². The predicted molar refractivity (Wildman–Crippen MR) is 39.8 cm³/mol. The van der Waals surface area contributed by atoms with E-state index in [-0.39, 0.29) is 6.54 Å². The number of carbonyl (C=O) groups is 1. The summed E-state index contributed by atoms with van der Waals surface area (Å²) in [4.78, 5) is 10.6. The fourth-order valence-electron chi connectivity index (χ4n) is 0.371. The second-order valence-corrected chi connectivity index (χ2v) is 3.63. The summed E-state index contributed by atoms with van der Waals surface area (Å²) in [5, 5.41) is 6.97. The zero-order chi connectivity index (χ0) is 9.07. The van der Waals surface area contributed by atoms with E-state index in [1.807, 2.05) is 0 Å². The number of likely N-dealkylation sites (N-methyl/N-ethyl adjacent to an activating group) is 2. The van der Waals surface area contributed by atoms with Gasteiger partial charge in [0, 0.05) is 14.1 Å². The monoisotopic (exact) mass is 181 g/mol. The van der Waals surface area contributed by atoms with Crippen molar-refractivity contribution in [3.63, 3.8) is 0 Å². The first-order valence-electron chi connectivity index (χ1n) is 2.82. The molecule has 0 aliphatic carbocycles. The fourth-order valence-corrected chi connectivity index (χ4v) is 0.668. The highest BCUT2D eigenvalue weighted by Gasteiger charge is 2.13. The van der Waals surface area contributed by atoms with Gasteiger partial charge in [0.15, 0.2) is 0 Å². The van der Waals surface area contributed by atoms with Crippen molar-refractivity contribution in [1.82, 2.24) is 9.62 Å². The van der Waals surface area contributed by atoms with Crippen LogP contribution in [0.2, 0.25) is 0 Å². The summed E-state index contributed by atoms with van der Waals surface area (Å²) in [5.41, 5.74) is 0. The molecular weight excluding hydrogens is 170 g/mol. The molecule has 3 N–H and O–H groups in total. The summed E-state index contributed by atoms with van der Waals surface area (Å²) in [6.45, 7) is -0.255. The average Bonchev–Trinajstić information content (AvgIpc) is 1.85. The largest absolute Gasteiger partial charge is 0.358 e. The lowest BCUT2D eigenvalue weighted by Gasteiger charge is -2.11. The van der Waals surface area contributed by atoms with Gasteiger partial charge in [0.2, 0.25) is 5.91 Å². The van der Waals surface area contributed by atoms with E-state index >= 15 is 0 Å². The van der Waals surface area contributed by atoms with E-state index in [9.17, 15) is 13.2 Å². The fraction of sp³-hybridized carbons (Fsp3) is 0.750. The molecule has 11 heavy (non-hydrogen) atoms. The van der Waals surface area contributed by atoms with E-state index in [1.54, 1.807) is 0 Å². The molecule has 6 nitrogen and oxygen atoms in total. The Bertz CT molecular complexity index is 235. The molecule has 0 bridgehead atoms. The van der Waals surface area contributed by atoms with Crippen molar-refractivity contribution in [2.45, 2.75) is 0 Å². The van der Waals surface area contributed by atoms with Crippen LogP contribution in [0.1, 0.15) is 0 Å². The molecule has 0 aromatic heterocycles. The molecule has 0 atom stereocenters. The number of amides is 1. The number of rotatable bonds is 3. The van der Waals surface area contributed by atoms with Gasteiger partial charge in [-0.3, -0.25) is 4.79 Å². The molecular formula is C4H11N3O3S. The number of hydrogen-bond donors (Lipinski definition) is 2. The highest BCUT2D eigenvalue weighted by molar-refractivity contribution is 7.86. The van der Waals surface area contributed by atoms with Crippen LogP contribution in [0.15, 0.2) is 0 Å². The average molecular weight is 181 g/mol. The lowest BCUT2D eigenvalue weighted by Crippen LogP contribution is -2.40. The van der Waals surface area contributed by atoms with Crippen LogP contribution >= 0.6 is 0 Å². The van der Waals surface area contributed by atoms with Gasteiger partial charge in [-0.25, -0.2) is 5.14 Å². The van der Waals surface area contributed by atoms with Crippen LogP contribution in [-0.2, 0) is 15.0 Å². The minimum Gasteiger partial charge on any atom is -0.358 e. The standard InChI is InChI=1S/C4H11N3O3S/c1-6-4(8)3-7(2)11(5,9)10/h3H2,1-2H3,(H,6,8)(H2,5,9,10). The Hall–Kier alpha value is -0.660. The van der Waals surface area contributed by atoms with Crippen molar-refractivity contribution >= 4 is 16.1 Å². The topological polar surface area (TPSA) is 92.5 Å². The normalized spacial score (nSPS) is 11.6. The van der Waals surface area contributed by atoms with E-state index in [2.05, 4.69) is 5.32 Å².